The number of aryl methyl sites for hydroxylation is 2. The predicted molar refractivity (Wildman–Crippen MR) is 159 cm³/mol. The van der Waals surface area contributed by atoms with E-state index in [1.807, 2.05) is 16.6 Å². The first-order chi connectivity index (χ1) is 18.8. The molecule has 0 saturated carbocycles. The van der Waals surface area contributed by atoms with Crippen LogP contribution in [0.25, 0.3) is 16.9 Å². The van der Waals surface area contributed by atoms with Crippen LogP contribution < -0.4 is 0 Å². The van der Waals surface area contributed by atoms with Gasteiger partial charge >= 0.3 is 0 Å². The number of hydrogen-bond acceptors (Lipinski definition) is 4. The van der Waals surface area contributed by atoms with E-state index in [0.29, 0.717) is 25.0 Å². The van der Waals surface area contributed by atoms with E-state index in [4.69, 9.17) is 10.1 Å². The maximum absolute atomic E-state index is 12.4. The van der Waals surface area contributed by atoms with Crippen LogP contribution in [0.4, 0.5) is 0 Å². The molecule has 5 nitrogen and oxygen atoms in total. The highest BCUT2D eigenvalue weighted by molar-refractivity contribution is 5.79. The van der Waals surface area contributed by atoms with Crippen LogP contribution in [0.5, 0.6) is 0 Å². The Kier molecular flexibility index (Phi) is 8.56. The molecule has 0 amide bonds. The molecule has 1 fully saturated rings. The van der Waals surface area contributed by atoms with E-state index in [-0.39, 0.29) is 5.41 Å². The first-order valence-corrected chi connectivity index (χ1v) is 14.6. The predicted octanol–water partition coefficient (Wildman–Crippen LogP) is 6.95. The van der Waals surface area contributed by atoms with Crippen molar-refractivity contribution in [3.8, 4) is 11.3 Å². The van der Waals surface area contributed by atoms with Gasteiger partial charge in [-0.1, -0.05) is 69.3 Å². The number of carbonyl (C=O) groups excluding carboxylic acids is 1. The second-order valence-corrected chi connectivity index (χ2v) is 12.3. The maximum Gasteiger partial charge on any atom is 0.156 e. The first-order valence-electron chi connectivity index (χ1n) is 14.6. The summed E-state index contributed by atoms with van der Waals surface area (Å²) in [6, 6.07) is 23.6. The minimum Gasteiger partial charge on any atom is -0.303 e. The van der Waals surface area contributed by atoms with Crippen molar-refractivity contribution in [1.82, 2.24) is 19.5 Å². The van der Waals surface area contributed by atoms with Gasteiger partial charge in [0.25, 0.3) is 0 Å². The lowest BCUT2D eigenvalue weighted by atomic mass is 9.88. The molecule has 0 aliphatic carbocycles. The average molecular weight is 523 g/mol. The van der Waals surface area contributed by atoms with Gasteiger partial charge in [0, 0.05) is 24.8 Å². The Morgan fingerprint density at radius 1 is 0.872 bits per heavy atom. The monoisotopic (exact) mass is 522 g/mol. The van der Waals surface area contributed by atoms with E-state index in [0.717, 1.165) is 35.6 Å². The minimum atomic E-state index is 0.0362. The van der Waals surface area contributed by atoms with Crippen LogP contribution in [0.3, 0.4) is 0 Å². The molecule has 0 unspecified atom stereocenters. The number of rotatable bonds is 11. The molecule has 0 radical (unpaired) electrons. The number of nitrogens with zero attached hydrogens (tertiary/aromatic N) is 4. The van der Waals surface area contributed by atoms with Gasteiger partial charge in [-0.3, -0.25) is 4.79 Å². The van der Waals surface area contributed by atoms with E-state index in [2.05, 4.69) is 80.3 Å². The summed E-state index contributed by atoms with van der Waals surface area (Å²) >= 11 is 0. The van der Waals surface area contributed by atoms with Crippen molar-refractivity contribution < 1.29 is 4.79 Å². The molecular weight excluding hydrogens is 480 g/mol. The number of Topliss-reactive ketones (excluding diaryl/α,β-unsaturated/α-hetero) is 1. The van der Waals surface area contributed by atoms with Gasteiger partial charge in [-0.25, -0.2) is 9.50 Å². The van der Waals surface area contributed by atoms with Gasteiger partial charge in [-0.2, -0.15) is 5.10 Å². The Morgan fingerprint density at radius 2 is 1.62 bits per heavy atom. The normalized spacial score (nSPS) is 14.3. The Labute approximate surface area is 233 Å². The second-order valence-electron chi connectivity index (χ2n) is 12.3. The first kappa shape index (κ1) is 27.3. The number of likely N-dealkylation sites (tertiary alicyclic amines) is 1. The Hall–Kier alpha value is -3.31. The van der Waals surface area contributed by atoms with Crippen LogP contribution in [0, 0.1) is 5.41 Å². The zero-order valence-electron chi connectivity index (χ0n) is 23.8. The maximum atomic E-state index is 12.4. The highest BCUT2D eigenvalue weighted by atomic mass is 16.1. The van der Waals surface area contributed by atoms with Crippen molar-refractivity contribution in [1.29, 1.82) is 0 Å². The third-order valence-electron chi connectivity index (χ3n) is 7.57. The molecule has 1 saturated heterocycles. The summed E-state index contributed by atoms with van der Waals surface area (Å²) in [5.74, 6) is 1.15. The average Bonchev–Trinajstić information content (AvgIpc) is 3.57. The lowest BCUT2D eigenvalue weighted by molar-refractivity contribution is -0.120. The summed E-state index contributed by atoms with van der Waals surface area (Å²) in [7, 11) is 0. The van der Waals surface area contributed by atoms with Crippen LogP contribution in [-0.4, -0.2) is 44.9 Å². The van der Waals surface area contributed by atoms with E-state index in [1.54, 1.807) is 0 Å². The van der Waals surface area contributed by atoms with Crippen LogP contribution in [-0.2, 0) is 24.1 Å². The fourth-order valence-corrected chi connectivity index (χ4v) is 5.61. The van der Waals surface area contributed by atoms with Gasteiger partial charge in [0.2, 0.25) is 0 Å². The van der Waals surface area contributed by atoms with Crippen molar-refractivity contribution in [3.05, 3.63) is 89.2 Å². The van der Waals surface area contributed by atoms with Crippen molar-refractivity contribution in [2.75, 3.05) is 19.6 Å². The van der Waals surface area contributed by atoms with Crippen LogP contribution in [0.2, 0.25) is 0 Å². The molecule has 2 aromatic heterocycles. The van der Waals surface area contributed by atoms with Gasteiger partial charge in [0.1, 0.15) is 5.78 Å². The number of ketones is 1. The number of hydrogen-bond donors (Lipinski definition) is 0. The van der Waals surface area contributed by atoms with E-state index in [1.165, 1.54) is 55.6 Å². The molecule has 4 aromatic rings. The summed E-state index contributed by atoms with van der Waals surface area (Å²) < 4.78 is 1.95. The molecule has 1 aliphatic heterocycles. The fourth-order valence-electron chi connectivity index (χ4n) is 5.61. The fraction of sp³-hybridized carbons (Fsp3) is 0.441. The summed E-state index contributed by atoms with van der Waals surface area (Å²) in [6.07, 6.45) is 7.76. The smallest absolute Gasteiger partial charge is 0.156 e. The molecule has 3 heterocycles. The molecule has 39 heavy (non-hydrogen) atoms. The van der Waals surface area contributed by atoms with E-state index in [9.17, 15) is 4.79 Å². The van der Waals surface area contributed by atoms with E-state index < -0.39 is 0 Å². The number of fused-ring (bicyclic) bond motifs is 1. The third kappa shape index (κ3) is 7.63. The van der Waals surface area contributed by atoms with Crippen molar-refractivity contribution in [3.63, 3.8) is 0 Å². The number of pyridine rings is 1. The molecule has 1 aliphatic rings. The SMILES string of the molecule is CC(C)(C)CC(=O)CCc1cccc(-c2cccc3nc(Cc4ccc(CCCN5CCCC5)cc4)nn23)c1. The summed E-state index contributed by atoms with van der Waals surface area (Å²) in [4.78, 5) is 19.8. The third-order valence-corrected chi connectivity index (χ3v) is 7.57. The van der Waals surface area contributed by atoms with Crippen LogP contribution in [0.15, 0.2) is 66.7 Å². The van der Waals surface area contributed by atoms with Gasteiger partial charge in [-0.15, -0.1) is 0 Å². The Balaban J connectivity index is 1.23. The van der Waals surface area contributed by atoms with Crippen LogP contribution >= 0.6 is 0 Å². The number of benzene rings is 2. The zero-order chi connectivity index (χ0) is 27.2. The highest BCUT2D eigenvalue weighted by Crippen LogP contribution is 2.24. The molecule has 204 valence electrons. The van der Waals surface area contributed by atoms with Gasteiger partial charge in [0.15, 0.2) is 11.5 Å². The van der Waals surface area contributed by atoms with Crippen LogP contribution in [0.1, 0.15) is 75.4 Å². The quantitative estimate of drug-likeness (QED) is 0.214. The largest absolute Gasteiger partial charge is 0.303 e. The summed E-state index contributed by atoms with van der Waals surface area (Å²) in [5.41, 5.74) is 6.81. The molecule has 0 spiro atoms. The molecular formula is C34H42N4O. The van der Waals surface area contributed by atoms with Crippen molar-refractivity contribution in [2.45, 2.75) is 72.1 Å². The van der Waals surface area contributed by atoms with Crippen molar-refractivity contribution in [2.24, 2.45) is 5.41 Å². The number of aromatic nitrogens is 3. The Bertz CT molecular complexity index is 1390. The van der Waals surface area contributed by atoms with Gasteiger partial charge in [0.05, 0.1) is 5.69 Å². The summed E-state index contributed by atoms with van der Waals surface area (Å²) in [6.45, 7) is 10.1. The molecule has 2 aromatic carbocycles. The van der Waals surface area contributed by atoms with Gasteiger partial charge in [-0.05, 0) is 92.0 Å². The molecule has 5 rings (SSSR count). The molecule has 0 atom stereocenters. The van der Waals surface area contributed by atoms with Gasteiger partial charge < -0.3 is 4.90 Å². The lowest BCUT2D eigenvalue weighted by Gasteiger charge is -2.16. The molecule has 5 heteroatoms. The lowest BCUT2D eigenvalue weighted by Crippen LogP contribution is -2.20. The standard InChI is InChI=1S/C34H42N4O/c1-34(2,3)25-30(39)19-18-27-9-6-11-29(23-27)31-12-7-13-33-35-32(36-38(31)33)24-28-16-14-26(15-17-28)10-8-22-37-20-4-5-21-37/h6-7,9,11-17,23H,4-5,8,10,18-22,24-25H2,1-3H3. The zero-order valence-corrected chi connectivity index (χ0v) is 23.8. The van der Waals surface area contributed by atoms with E-state index >= 15 is 0 Å². The Morgan fingerprint density at radius 3 is 2.38 bits per heavy atom. The second kappa shape index (κ2) is 12.3. The number of carbonyl (C=O) groups is 1. The van der Waals surface area contributed by atoms with Crippen molar-refractivity contribution >= 4 is 11.4 Å². The topological polar surface area (TPSA) is 50.5 Å². The summed E-state index contributed by atoms with van der Waals surface area (Å²) in [5, 5.41) is 4.89. The molecule has 0 N–H and O–H groups in total. The highest BCUT2D eigenvalue weighted by Gasteiger charge is 2.16. The minimum absolute atomic E-state index is 0.0362. The molecule has 0 bridgehead atoms.